The molecule has 2 aliphatic rings. The fourth-order valence-electron chi connectivity index (χ4n) is 10.0. The zero-order valence-corrected chi connectivity index (χ0v) is 56.2. The SMILES string of the molecule is C/C=C/[C@@H](C)C(=O)O[C@H](C(=O)N[C@@H](C)C(=O)N1CCC[C@@H](C(=O)OCC(Cl)(Cl)Cl)C1)C(C)C.C=Cc1cc2cc(C(C)NC(=O)[C@@H]3CCCN(C(=O)[C@H](C)NC(=O)[C@@H](OC(=O)[C@H](C)/C=C/C)C(C)C)C3)ccc2cn1.C=Cc1cc2cc([C@@H](C)N)ccc2cn1. The molecule has 2 aromatic heterocycles. The van der Waals surface area contributed by atoms with E-state index in [2.05, 4.69) is 45.1 Å². The number of likely N-dealkylation sites (tertiary alicyclic amines) is 2. The van der Waals surface area contributed by atoms with Crippen molar-refractivity contribution in [3.8, 4) is 0 Å². The molecule has 0 aliphatic carbocycles. The average molecular weight is 1300 g/mol. The highest BCUT2D eigenvalue weighted by atomic mass is 35.6. The van der Waals surface area contributed by atoms with Crippen molar-refractivity contribution in [2.45, 2.75) is 149 Å². The first-order chi connectivity index (χ1) is 42.4. The van der Waals surface area contributed by atoms with Gasteiger partial charge in [0.25, 0.3) is 11.8 Å². The van der Waals surface area contributed by atoms with Crippen molar-refractivity contribution < 1.29 is 52.6 Å². The van der Waals surface area contributed by atoms with Gasteiger partial charge in [-0.15, -0.1) is 0 Å². The summed E-state index contributed by atoms with van der Waals surface area (Å²) in [7, 11) is 0. The molecule has 0 spiro atoms. The number of esters is 3. The van der Waals surface area contributed by atoms with Crippen LogP contribution in [-0.2, 0) is 52.6 Å². The van der Waals surface area contributed by atoms with Gasteiger partial charge in [0.05, 0.1) is 41.1 Å². The number of pyridine rings is 2. The lowest BCUT2D eigenvalue weighted by molar-refractivity contribution is -0.161. The van der Waals surface area contributed by atoms with Crippen molar-refractivity contribution in [2.24, 2.45) is 41.2 Å². The van der Waals surface area contributed by atoms with Gasteiger partial charge < -0.3 is 45.7 Å². The Morgan fingerprint density at radius 1 is 0.622 bits per heavy atom. The Morgan fingerprint density at radius 2 is 1.04 bits per heavy atom. The molecule has 0 radical (unpaired) electrons. The maximum atomic E-state index is 13.3. The number of ether oxygens (including phenoxy) is 3. The molecular weight excluding hydrogens is 1210 g/mol. The largest absolute Gasteiger partial charge is 0.461 e. The standard InChI is InChI=1S/C33H44N4O5.C22H33Cl3N2O6.C13H14N2/c1-8-11-21(5)33(41)42-29(20(3)4)31(39)36-23(7)32(40)37-15-10-12-26(19-37)30(38)35-22(6)24-13-14-25-18-34-28(9-2)17-27(25)16-24;1-6-8-14(4)20(30)33-17(13(2)3)18(28)26-15(5)19(29)27-10-7-9-16(11-27)21(31)32-12-22(23,24)25;1-3-13-7-12-6-10(9(2)14)4-5-11(12)8-15-13/h8-9,11,13-14,16-18,20-23,26,29H,2,10,12,15,19H2,1,3-7H3,(H,35,38)(H,36,39);6,8,13-17H,7,9-12H2,1-5H3,(H,26,28);3-9H,1,14H2,2H3/b11-8+;8-6+;/t21-,22?,23+,26-,29+;14-,15+,16-,17+;9-/m111/s1. The summed E-state index contributed by atoms with van der Waals surface area (Å²) in [5, 5.41) is 12.8. The molecule has 2 fully saturated rings. The van der Waals surface area contributed by atoms with Gasteiger partial charge in [-0.25, -0.2) is 0 Å². The lowest BCUT2D eigenvalue weighted by Gasteiger charge is -2.34. The number of nitrogens with two attached hydrogens (primary N) is 1. The van der Waals surface area contributed by atoms with E-state index in [4.69, 9.17) is 54.7 Å². The van der Waals surface area contributed by atoms with Crippen molar-refractivity contribution in [3.63, 3.8) is 0 Å². The van der Waals surface area contributed by atoms with Crippen LogP contribution in [0.15, 0.2) is 98.4 Å². The second kappa shape index (κ2) is 36.0. The topological polar surface area (TPSA) is 259 Å². The summed E-state index contributed by atoms with van der Waals surface area (Å²) in [6, 6.07) is 14.3. The van der Waals surface area contributed by atoms with Crippen LogP contribution in [0.2, 0.25) is 0 Å². The third-order valence-corrected chi connectivity index (χ3v) is 15.6. The van der Waals surface area contributed by atoms with E-state index in [-0.39, 0.29) is 67.3 Å². The summed E-state index contributed by atoms with van der Waals surface area (Å²) in [6.07, 6.45) is 14.4. The first kappa shape index (κ1) is 75.3. The molecule has 490 valence electrons. The Bertz CT molecular complexity index is 3220. The summed E-state index contributed by atoms with van der Waals surface area (Å²) in [4.78, 5) is 114. The number of carbonyl (C=O) groups excluding carboxylic acids is 8. The van der Waals surface area contributed by atoms with E-state index in [0.717, 1.165) is 44.1 Å². The van der Waals surface area contributed by atoms with Gasteiger partial charge in [0.1, 0.15) is 18.7 Å². The monoisotopic (exact) mass is 1300 g/mol. The van der Waals surface area contributed by atoms with Gasteiger partial charge in [-0.1, -0.05) is 124 Å². The maximum absolute atomic E-state index is 13.3. The van der Waals surface area contributed by atoms with E-state index < -0.39 is 75.6 Å². The van der Waals surface area contributed by atoms with Crippen LogP contribution in [-0.4, -0.2) is 128 Å². The summed E-state index contributed by atoms with van der Waals surface area (Å²) in [5.41, 5.74) is 9.63. The average Bonchev–Trinajstić information content (AvgIpc) is 1.09. The normalized spacial score (nSPS) is 17.8. The van der Waals surface area contributed by atoms with E-state index in [1.54, 1.807) is 117 Å². The number of allylic oxidation sites excluding steroid dienone is 2. The molecule has 4 heterocycles. The molecule has 2 aliphatic heterocycles. The van der Waals surface area contributed by atoms with E-state index in [9.17, 15) is 38.4 Å². The first-order valence-electron chi connectivity index (χ1n) is 30.6. The van der Waals surface area contributed by atoms with Crippen LogP contribution in [0.3, 0.4) is 0 Å². The van der Waals surface area contributed by atoms with Crippen LogP contribution in [0, 0.1) is 35.5 Å². The van der Waals surface area contributed by atoms with Gasteiger partial charge in [-0.3, -0.25) is 48.3 Å². The molecule has 90 heavy (non-hydrogen) atoms. The van der Waals surface area contributed by atoms with E-state index in [1.807, 2.05) is 62.5 Å². The third kappa shape index (κ3) is 23.2. The number of hydrogen-bond acceptors (Lipinski definition) is 14. The van der Waals surface area contributed by atoms with Crippen LogP contribution in [0.5, 0.6) is 0 Å². The minimum Gasteiger partial charge on any atom is -0.461 e. The van der Waals surface area contributed by atoms with E-state index in [0.29, 0.717) is 38.8 Å². The number of fused-ring (bicyclic) bond motifs is 2. The number of halogens is 3. The van der Waals surface area contributed by atoms with Gasteiger partial charge >= 0.3 is 17.9 Å². The number of alkyl halides is 3. The molecule has 22 heteroatoms. The Morgan fingerprint density at radius 3 is 1.46 bits per heavy atom. The molecule has 1 unspecified atom stereocenters. The zero-order valence-electron chi connectivity index (χ0n) is 53.9. The molecule has 6 rings (SSSR count). The number of aromatic nitrogens is 2. The smallest absolute Gasteiger partial charge is 0.313 e. The Labute approximate surface area is 545 Å². The Hall–Kier alpha value is -7.19. The van der Waals surface area contributed by atoms with E-state index >= 15 is 0 Å². The van der Waals surface area contributed by atoms with Crippen LogP contribution in [0.4, 0.5) is 0 Å². The van der Waals surface area contributed by atoms with Crippen LogP contribution in [0.1, 0.15) is 143 Å². The van der Waals surface area contributed by atoms with Gasteiger partial charge in [-0.05, 0) is 151 Å². The molecule has 2 saturated heterocycles. The third-order valence-electron chi connectivity index (χ3n) is 15.3. The summed E-state index contributed by atoms with van der Waals surface area (Å²) in [6.45, 7) is 29.6. The number of piperidine rings is 2. The fourth-order valence-corrected chi connectivity index (χ4v) is 10.2. The lowest BCUT2D eigenvalue weighted by Crippen LogP contribution is -2.54. The second-order valence-electron chi connectivity index (χ2n) is 23.6. The molecule has 2 aromatic carbocycles. The van der Waals surface area contributed by atoms with Crippen LogP contribution < -0.4 is 21.7 Å². The summed E-state index contributed by atoms with van der Waals surface area (Å²) in [5.74, 6) is -5.80. The number of benzene rings is 2. The summed E-state index contributed by atoms with van der Waals surface area (Å²) >= 11 is 16.8. The highest BCUT2D eigenvalue weighted by molar-refractivity contribution is 6.67. The Balaban J connectivity index is 0.000000318. The Kier molecular flexibility index (Phi) is 30.1. The molecule has 4 aromatic rings. The molecule has 0 saturated carbocycles. The number of nitrogens with one attached hydrogen (secondary N) is 3. The molecule has 0 bridgehead atoms. The number of rotatable bonds is 22. The van der Waals surface area contributed by atoms with Crippen molar-refractivity contribution in [2.75, 3.05) is 32.8 Å². The number of amides is 5. The number of carbonyl (C=O) groups is 8. The van der Waals surface area contributed by atoms with Crippen molar-refractivity contribution in [1.82, 2.24) is 35.7 Å². The molecule has 5 N–H and O–H groups in total. The van der Waals surface area contributed by atoms with Crippen LogP contribution >= 0.6 is 34.8 Å². The zero-order chi connectivity index (χ0) is 67.2. The predicted molar refractivity (Wildman–Crippen MR) is 355 cm³/mol. The minimum atomic E-state index is -1.71. The molecule has 5 amide bonds. The first-order valence-corrected chi connectivity index (χ1v) is 31.7. The minimum absolute atomic E-state index is 0.0646. The highest BCUT2D eigenvalue weighted by Crippen LogP contribution is 2.29. The fraction of sp³-hybridized carbons (Fsp3) is 0.500. The van der Waals surface area contributed by atoms with Gasteiger partial charge in [0, 0.05) is 55.4 Å². The molecule has 10 atom stereocenters. The lowest BCUT2D eigenvalue weighted by atomic mass is 9.95. The van der Waals surface area contributed by atoms with Crippen molar-refractivity contribution >= 4 is 116 Å². The highest BCUT2D eigenvalue weighted by Gasteiger charge is 2.37. The number of hydrogen-bond donors (Lipinski definition) is 4. The van der Waals surface area contributed by atoms with Gasteiger partial charge in [0.2, 0.25) is 21.5 Å². The predicted octanol–water partition coefficient (Wildman–Crippen LogP) is 10.9. The van der Waals surface area contributed by atoms with Gasteiger partial charge in [0.15, 0.2) is 12.2 Å². The second-order valence-corrected chi connectivity index (χ2v) is 26.1. The van der Waals surface area contributed by atoms with Crippen molar-refractivity contribution in [1.29, 1.82) is 0 Å². The molecular formula is C68H91Cl3N8O11. The maximum Gasteiger partial charge on any atom is 0.313 e. The van der Waals surface area contributed by atoms with E-state index in [1.165, 1.54) is 4.90 Å². The molecule has 19 nitrogen and oxygen atoms in total. The number of nitrogens with zero attached hydrogens (tertiary/aromatic N) is 4. The quantitative estimate of drug-likeness (QED) is 0.0247. The van der Waals surface area contributed by atoms with Crippen molar-refractivity contribution in [3.05, 3.63) is 121 Å². The summed E-state index contributed by atoms with van der Waals surface area (Å²) < 4.78 is 14.2. The van der Waals surface area contributed by atoms with Gasteiger partial charge in [-0.2, -0.15) is 0 Å². The van der Waals surface area contributed by atoms with Crippen LogP contribution in [0.25, 0.3) is 33.7 Å².